The van der Waals surface area contributed by atoms with Crippen molar-refractivity contribution >= 4 is 39.2 Å². The number of carbonyl (C=O) groups excluding carboxylic acids is 2. The van der Waals surface area contributed by atoms with Gasteiger partial charge in [-0.2, -0.15) is 18.4 Å². The quantitative estimate of drug-likeness (QED) is 0.162. The fraction of sp³-hybridized carbons (Fsp3) is 0.270. The smallest absolute Gasteiger partial charge is 0.361 e. The second-order valence-corrected chi connectivity index (χ2v) is 12.2. The first-order valence-electron chi connectivity index (χ1n) is 15.8. The maximum absolute atomic E-state index is 13.8. The van der Waals surface area contributed by atoms with Crippen molar-refractivity contribution in [2.45, 2.75) is 38.5 Å². The van der Waals surface area contributed by atoms with Crippen LogP contribution in [-0.4, -0.2) is 63.8 Å². The Hall–Kier alpha value is -5.34. The molecule has 0 radical (unpaired) electrons. The van der Waals surface area contributed by atoms with Crippen LogP contribution in [0.4, 0.5) is 13.2 Å². The van der Waals surface area contributed by atoms with E-state index in [0.717, 1.165) is 44.6 Å². The average molecular weight is 653 g/mol. The zero-order chi connectivity index (χ0) is 33.8. The molecule has 2 amide bonds. The van der Waals surface area contributed by atoms with Gasteiger partial charge in [-0.3, -0.25) is 14.5 Å². The summed E-state index contributed by atoms with van der Waals surface area (Å²) in [4.78, 5) is 36.2. The number of nitrogens with zero attached hydrogens (tertiary/aromatic N) is 3. The number of benzene rings is 3. The van der Waals surface area contributed by atoms with Gasteiger partial charge in [-0.25, -0.2) is 0 Å². The third-order valence-electron chi connectivity index (χ3n) is 8.89. The number of rotatable bonds is 10. The van der Waals surface area contributed by atoms with Crippen LogP contribution in [0.5, 0.6) is 0 Å². The van der Waals surface area contributed by atoms with Crippen molar-refractivity contribution in [1.29, 1.82) is 5.26 Å². The van der Waals surface area contributed by atoms with E-state index in [4.69, 9.17) is 0 Å². The third-order valence-corrected chi connectivity index (χ3v) is 8.89. The van der Waals surface area contributed by atoms with E-state index in [2.05, 4.69) is 27.4 Å². The highest BCUT2D eigenvalue weighted by molar-refractivity contribution is 5.93. The highest BCUT2D eigenvalue weighted by Crippen LogP contribution is 2.33. The molecular formula is C37H35F3N6O2. The molecule has 0 bridgehead atoms. The summed E-state index contributed by atoms with van der Waals surface area (Å²) < 4.78 is 41.3. The maximum Gasteiger partial charge on any atom is 0.416 e. The molecule has 0 unspecified atom stereocenters. The standard InChI is InChI=1S/C37H35F3N6O2/c1-24(47)46(21-27-6-2-4-8-33(27)37(38,39)40)22-29(17-28-19-42-34-9-5-3-7-30(28)34)44-36(48)23-45-14-12-26(13-15-45)32-20-43-35-11-10-25(18-41)16-31(32)35/h2-12,16,19-20,29,42-43H,13-15,17,21-23H2,1H3,(H,44,48)/t29-/m1/s1. The Morgan fingerprint density at radius 1 is 1.00 bits per heavy atom. The molecule has 0 fully saturated rings. The number of halogens is 3. The minimum absolute atomic E-state index is 0.00710. The van der Waals surface area contributed by atoms with E-state index >= 15 is 0 Å². The molecule has 0 spiro atoms. The predicted octanol–water partition coefficient (Wildman–Crippen LogP) is 6.40. The minimum atomic E-state index is -4.56. The first-order chi connectivity index (χ1) is 23.1. The summed E-state index contributed by atoms with van der Waals surface area (Å²) in [5.74, 6) is -0.625. The molecule has 0 saturated heterocycles. The van der Waals surface area contributed by atoms with Gasteiger partial charge in [0, 0.05) is 72.9 Å². The van der Waals surface area contributed by atoms with Gasteiger partial charge in [0.15, 0.2) is 0 Å². The second-order valence-electron chi connectivity index (χ2n) is 12.2. The number of H-pyrrole nitrogens is 2. The number of aromatic nitrogens is 2. The lowest BCUT2D eigenvalue weighted by Gasteiger charge is -2.30. The molecule has 246 valence electrons. The van der Waals surface area contributed by atoms with E-state index < -0.39 is 23.7 Å². The van der Waals surface area contributed by atoms with Crippen LogP contribution in [0.1, 0.15) is 41.2 Å². The Morgan fingerprint density at radius 2 is 1.75 bits per heavy atom. The van der Waals surface area contributed by atoms with E-state index in [1.807, 2.05) is 53.7 Å². The SMILES string of the molecule is CC(=O)N(Cc1ccccc1C(F)(F)F)C[C@@H](Cc1c[nH]c2ccccc12)NC(=O)CN1CC=C(c2c[nH]c3ccc(C#N)cc23)CC1. The van der Waals surface area contributed by atoms with Crippen LogP contribution in [-0.2, 0) is 28.7 Å². The number of fused-ring (bicyclic) bond motifs is 2. The van der Waals surface area contributed by atoms with Gasteiger partial charge in [-0.1, -0.05) is 42.5 Å². The fourth-order valence-electron chi connectivity index (χ4n) is 6.47. The van der Waals surface area contributed by atoms with Crippen molar-refractivity contribution < 1.29 is 22.8 Å². The number of nitriles is 1. The molecule has 1 aliphatic heterocycles. The van der Waals surface area contributed by atoms with E-state index in [-0.39, 0.29) is 31.1 Å². The van der Waals surface area contributed by atoms with Gasteiger partial charge in [0.1, 0.15) is 0 Å². The molecule has 0 saturated carbocycles. The molecule has 6 rings (SSSR count). The Kier molecular flexibility index (Phi) is 9.37. The van der Waals surface area contributed by atoms with Gasteiger partial charge in [0.05, 0.1) is 29.8 Å². The topological polar surface area (TPSA) is 108 Å². The van der Waals surface area contributed by atoms with Crippen molar-refractivity contribution in [1.82, 2.24) is 25.1 Å². The number of hydrogen-bond acceptors (Lipinski definition) is 4. The van der Waals surface area contributed by atoms with Crippen molar-refractivity contribution in [3.05, 3.63) is 113 Å². The van der Waals surface area contributed by atoms with Crippen LogP contribution in [0.2, 0.25) is 0 Å². The van der Waals surface area contributed by atoms with E-state index in [0.29, 0.717) is 31.5 Å². The number of carbonyl (C=O) groups is 2. The van der Waals surface area contributed by atoms with Gasteiger partial charge in [-0.05, 0) is 59.9 Å². The minimum Gasteiger partial charge on any atom is -0.361 e. The predicted molar refractivity (Wildman–Crippen MR) is 179 cm³/mol. The zero-order valence-electron chi connectivity index (χ0n) is 26.4. The molecule has 48 heavy (non-hydrogen) atoms. The molecular weight excluding hydrogens is 617 g/mol. The third kappa shape index (κ3) is 7.29. The van der Waals surface area contributed by atoms with Gasteiger partial charge in [-0.15, -0.1) is 0 Å². The number of hydrogen-bond donors (Lipinski definition) is 3. The highest BCUT2D eigenvalue weighted by Gasteiger charge is 2.34. The Balaban J connectivity index is 1.18. The molecule has 1 aliphatic rings. The molecule has 3 N–H and O–H groups in total. The van der Waals surface area contributed by atoms with Gasteiger partial charge in [0.2, 0.25) is 11.8 Å². The highest BCUT2D eigenvalue weighted by atomic mass is 19.4. The Bertz CT molecular complexity index is 2040. The molecule has 0 aliphatic carbocycles. The van der Waals surface area contributed by atoms with Crippen molar-refractivity contribution in [2.75, 3.05) is 26.2 Å². The van der Waals surface area contributed by atoms with E-state index in [1.165, 1.54) is 30.0 Å². The lowest BCUT2D eigenvalue weighted by atomic mass is 9.98. The van der Waals surface area contributed by atoms with Crippen LogP contribution < -0.4 is 5.32 Å². The molecule has 2 aromatic heterocycles. The number of aromatic amines is 2. The van der Waals surface area contributed by atoms with Crippen LogP contribution >= 0.6 is 0 Å². The van der Waals surface area contributed by atoms with E-state index in [1.54, 1.807) is 6.07 Å². The number of para-hydroxylation sites is 1. The summed E-state index contributed by atoms with van der Waals surface area (Å²) in [6.45, 7) is 2.43. The molecule has 8 nitrogen and oxygen atoms in total. The van der Waals surface area contributed by atoms with Gasteiger partial charge >= 0.3 is 6.18 Å². The van der Waals surface area contributed by atoms with E-state index in [9.17, 15) is 28.0 Å². The maximum atomic E-state index is 13.8. The molecule has 3 aromatic carbocycles. The first kappa shape index (κ1) is 32.6. The molecule has 11 heteroatoms. The summed E-state index contributed by atoms with van der Waals surface area (Å²) in [5.41, 5.74) is 4.79. The van der Waals surface area contributed by atoms with Crippen LogP contribution in [0.25, 0.3) is 27.4 Å². The van der Waals surface area contributed by atoms with Crippen molar-refractivity contribution in [2.24, 2.45) is 0 Å². The molecule has 3 heterocycles. The lowest BCUT2D eigenvalue weighted by molar-refractivity contribution is -0.139. The average Bonchev–Trinajstić information content (AvgIpc) is 3.68. The summed E-state index contributed by atoms with van der Waals surface area (Å²) in [5, 5.41) is 14.4. The Labute approximate surface area is 275 Å². The summed E-state index contributed by atoms with van der Waals surface area (Å²) in [6, 6.07) is 20.2. The summed E-state index contributed by atoms with van der Waals surface area (Å²) >= 11 is 0. The zero-order valence-corrected chi connectivity index (χ0v) is 26.4. The van der Waals surface area contributed by atoms with Gasteiger partial charge < -0.3 is 20.2 Å². The second kappa shape index (κ2) is 13.8. The number of amides is 2. The monoisotopic (exact) mass is 652 g/mol. The normalized spacial score (nSPS) is 14.4. The first-order valence-corrected chi connectivity index (χ1v) is 15.8. The van der Waals surface area contributed by atoms with Crippen LogP contribution in [0.15, 0.2) is 85.2 Å². The van der Waals surface area contributed by atoms with Crippen LogP contribution in [0.3, 0.4) is 0 Å². The fourth-order valence-corrected chi connectivity index (χ4v) is 6.47. The summed E-state index contributed by atoms with van der Waals surface area (Å²) in [7, 11) is 0. The number of nitrogens with one attached hydrogen (secondary N) is 3. The number of alkyl halides is 3. The van der Waals surface area contributed by atoms with Crippen LogP contribution in [0, 0.1) is 11.3 Å². The van der Waals surface area contributed by atoms with Gasteiger partial charge in [0.25, 0.3) is 0 Å². The lowest BCUT2D eigenvalue weighted by Crippen LogP contribution is -2.49. The largest absolute Gasteiger partial charge is 0.416 e. The molecule has 5 aromatic rings. The summed E-state index contributed by atoms with van der Waals surface area (Å²) in [6.07, 6.45) is 2.43. The Morgan fingerprint density at radius 3 is 2.50 bits per heavy atom. The molecule has 1 atom stereocenters. The van der Waals surface area contributed by atoms with Crippen molar-refractivity contribution in [3.63, 3.8) is 0 Å². The van der Waals surface area contributed by atoms with Crippen molar-refractivity contribution in [3.8, 4) is 6.07 Å².